The number of carbonyl (C=O) groups is 1. The van der Waals surface area contributed by atoms with Gasteiger partial charge in [-0.05, 0) is 52.8 Å². The molecule has 1 amide bonds. The van der Waals surface area contributed by atoms with Gasteiger partial charge in [-0.1, -0.05) is 0 Å². The Labute approximate surface area is 118 Å². The molecule has 2 rings (SSSR count). The highest BCUT2D eigenvalue weighted by molar-refractivity contribution is 5.95. The molecule has 0 aromatic heterocycles. The van der Waals surface area contributed by atoms with Crippen molar-refractivity contribution in [1.82, 2.24) is 0 Å². The van der Waals surface area contributed by atoms with Gasteiger partial charge in [-0.25, -0.2) is 9.18 Å². The van der Waals surface area contributed by atoms with Crippen LogP contribution in [0.1, 0.15) is 34.6 Å². The van der Waals surface area contributed by atoms with E-state index in [1.54, 1.807) is 11.0 Å². The average Bonchev–Trinajstić information content (AvgIpc) is 2.26. The lowest BCUT2D eigenvalue weighted by Gasteiger charge is -2.43. The van der Waals surface area contributed by atoms with Crippen LogP contribution in [0, 0.1) is 5.82 Å². The Morgan fingerprint density at radius 1 is 1.40 bits per heavy atom. The fourth-order valence-corrected chi connectivity index (χ4v) is 2.21. The normalized spacial score (nSPS) is 17.2. The van der Waals surface area contributed by atoms with Gasteiger partial charge in [0.1, 0.15) is 11.4 Å². The number of fused-ring (bicyclic) bond motifs is 1. The Kier molecular flexibility index (Phi) is 3.40. The lowest BCUT2D eigenvalue weighted by atomic mass is 9.98. The van der Waals surface area contributed by atoms with Crippen molar-refractivity contribution < 1.29 is 13.9 Å². The molecule has 0 saturated heterocycles. The van der Waals surface area contributed by atoms with Gasteiger partial charge in [0.05, 0.1) is 16.9 Å². The van der Waals surface area contributed by atoms with Crippen molar-refractivity contribution in [3.8, 4) is 0 Å². The molecule has 1 aromatic carbocycles. The van der Waals surface area contributed by atoms with Crippen LogP contribution in [0.2, 0.25) is 0 Å². The van der Waals surface area contributed by atoms with Crippen molar-refractivity contribution in [3.05, 3.63) is 24.0 Å². The van der Waals surface area contributed by atoms with Gasteiger partial charge in [0, 0.05) is 6.54 Å². The number of amides is 1. The van der Waals surface area contributed by atoms with Gasteiger partial charge in [-0.3, -0.25) is 4.90 Å². The molecule has 5 heteroatoms. The Bertz CT molecular complexity index is 535. The van der Waals surface area contributed by atoms with E-state index in [1.165, 1.54) is 12.1 Å². The summed E-state index contributed by atoms with van der Waals surface area (Å²) in [6.07, 6.45) is -0.420. The summed E-state index contributed by atoms with van der Waals surface area (Å²) in [7, 11) is 0. The number of benzene rings is 1. The molecule has 4 nitrogen and oxygen atoms in total. The van der Waals surface area contributed by atoms with Crippen LogP contribution < -0.4 is 10.2 Å². The first-order valence-electron chi connectivity index (χ1n) is 6.67. The summed E-state index contributed by atoms with van der Waals surface area (Å²) in [6, 6.07) is 4.34. The van der Waals surface area contributed by atoms with E-state index in [4.69, 9.17) is 4.74 Å². The number of nitrogens with zero attached hydrogens (tertiary/aromatic N) is 1. The maximum Gasteiger partial charge on any atom is 0.415 e. The zero-order valence-electron chi connectivity index (χ0n) is 12.6. The first kappa shape index (κ1) is 14.6. The summed E-state index contributed by atoms with van der Waals surface area (Å²) in [4.78, 5) is 14.0. The minimum atomic E-state index is -0.571. The highest BCUT2D eigenvalue weighted by Gasteiger charge is 2.39. The number of anilines is 2. The quantitative estimate of drug-likeness (QED) is 0.786. The highest BCUT2D eigenvalue weighted by atomic mass is 19.1. The fourth-order valence-electron chi connectivity index (χ4n) is 2.21. The number of ether oxygens (including phenoxy) is 1. The lowest BCUT2D eigenvalue weighted by Crippen LogP contribution is -2.56. The van der Waals surface area contributed by atoms with E-state index in [2.05, 4.69) is 5.32 Å². The van der Waals surface area contributed by atoms with Crippen LogP contribution in [0.5, 0.6) is 0 Å². The molecule has 1 aromatic rings. The van der Waals surface area contributed by atoms with Gasteiger partial charge < -0.3 is 10.1 Å². The number of hydrogen-bond acceptors (Lipinski definition) is 3. The van der Waals surface area contributed by atoms with Crippen molar-refractivity contribution >= 4 is 17.5 Å². The molecule has 0 unspecified atom stereocenters. The summed E-state index contributed by atoms with van der Waals surface area (Å²) in [5.41, 5.74) is 0.220. The Hall–Kier alpha value is -1.78. The van der Waals surface area contributed by atoms with Crippen LogP contribution in [0.4, 0.5) is 20.6 Å². The summed E-state index contributed by atoms with van der Waals surface area (Å²) in [6.45, 7) is 9.89. The van der Waals surface area contributed by atoms with Crippen LogP contribution in [-0.4, -0.2) is 23.8 Å². The molecule has 0 atom stereocenters. The van der Waals surface area contributed by atoms with Crippen LogP contribution in [-0.2, 0) is 4.74 Å². The van der Waals surface area contributed by atoms with Crippen LogP contribution in [0.25, 0.3) is 0 Å². The predicted molar refractivity (Wildman–Crippen MR) is 77.7 cm³/mol. The Morgan fingerprint density at radius 3 is 2.65 bits per heavy atom. The molecule has 0 bridgehead atoms. The van der Waals surface area contributed by atoms with Gasteiger partial charge in [0.2, 0.25) is 0 Å². The molecule has 0 fully saturated rings. The molecule has 0 spiro atoms. The van der Waals surface area contributed by atoms with Crippen molar-refractivity contribution in [1.29, 1.82) is 0 Å². The molecule has 110 valence electrons. The third-order valence-electron chi connectivity index (χ3n) is 3.09. The zero-order chi connectivity index (χ0) is 15.1. The lowest BCUT2D eigenvalue weighted by molar-refractivity contribution is 0.0546. The van der Waals surface area contributed by atoms with Gasteiger partial charge in [0.25, 0.3) is 0 Å². The minimum Gasteiger partial charge on any atom is -0.443 e. The predicted octanol–water partition coefficient (Wildman–Crippen LogP) is 3.77. The molecule has 1 heterocycles. The van der Waals surface area contributed by atoms with E-state index in [9.17, 15) is 9.18 Å². The molecule has 1 N–H and O–H groups in total. The molecule has 0 aliphatic carbocycles. The van der Waals surface area contributed by atoms with Gasteiger partial charge >= 0.3 is 6.09 Å². The first-order valence-corrected chi connectivity index (χ1v) is 6.67. The monoisotopic (exact) mass is 280 g/mol. The van der Waals surface area contributed by atoms with E-state index >= 15 is 0 Å². The fraction of sp³-hybridized carbons (Fsp3) is 0.533. The number of hydrogen-bond donors (Lipinski definition) is 1. The largest absolute Gasteiger partial charge is 0.443 e. The average molecular weight is 280 g/mol. The molecule has 0 radical (unpaired) electrons. The number of rotatable bonds is 0. The standard InChI is InChI=1S/C15H21FN2O2/c1-14(2,3)20-13(19)18-12-7-6-10(16)8-11(12)17-9-15(18,4)5/h6-8,17H,9H2,1-5H3. The smallest absolute Gasteiger partial charge is 0.415 e. The van der Waals surface area contributed by atoms with Gasteiger partial charge in [0.15, 0.2) is 0 Å². The van der Waals surface area contributed by atoms with E-state index < -0.39 is 17.2 Å². The second-order valence-electron chi connectivity index (χ2n) is 6.64. The maximum atomic E-state index is 13.3. The molecular weight excluding hydrogens is 259 g/mol. The number of halogens is 1. The van der Waals surface area contributed by atoms with E-state index in [1.807, 2.05) is 34.6 Å². The van der Waals surface area contributed by atoms with Crippen LogP contribution in [0.3, 0.4) is 0 Å². The molecule has 1 aliphatic heterocycles. The Morgan fingerprint density at radius 2 is 2.05 bits per heavy atom. The molecular formula is C15H21FN2O2. The van der Waals surface area contributed by atoms with Crippen molar-refractivity contribution in [2.24, 2.45) is 0 Å². The van der Waals surface area contributed by atoms with E-state index in [0.29, 0.717) is 17.9 Å². The molecule has 20 heavy (non-hydrogen) atoms. The van der Waals surface area contributed by atoms with E-state index in [0.717, 1.165) is 0 Å². The SMILES string of the molecule is CC(C)(C)OC(=O)N1c2ccc(F)cc2NCC1(C)C. The van der Waals surface area contributed by atoms with Crippen LogP contribution >= 0.6 is 0 Å². The van der Waals surface area contributed by atoms with E-state index in [-0.39, 0.29) is 5.82 Å². The van der Waals surface area contributed by atoms with Crippen LogP contribution in [0.15, 0.2) is 18.2 Å². The van der Waals surface area contributed by atoms with Crippen molar-refractivity contribution in [2.75, 3.05) is 16.8 Å². The Balaban J connectivity index is 2.41. The summed E-state index contributed by atoms with van der Waals surface area (Å²) in [5.74, 6) is -0.333. The second kappa shape index (κ2) is 4.65. The molecule has 0 saturated carbocycles. The van der Waals surface area contributed by atoms with Crippen molar-refractivity contribution in [3.63, 3.8) is 0 Å². The number of carbonyl (C=O) groups excluding carboxylic acids is 1. The number of nitrogens with one attached hydrogen (secondary N) is 1. The summed E-state index contributed by atoms with van der Waals surface area (Å²) >= 11 is 0. The van der Waals surface area contributed by atoms with Crippen molar-refractivity contribution in [2.45, 2.75) is 45.8 Å². The van der Waals surface area contributed by atoms with Gasteiger partial charge in [-0.15, -0.1) is 0 Å². The topological polar surface area (TPSA) is 41.6 Å². The highest BCUT2D eigenvalue weighted by Crippen LogP contribution is 2.37. The first-order chi connectivity index (χ1) is 9.10. The third-order valence-corrected chi connectivity index (χ3v) is 3.09. The van der Waals surface area contributed by atoms with Gasteiger partial charge in [-0.2, -0.15) is 0 Å². The minimum absolute atomic E-state index is 0.333. The summed E-state index contributed by atoms with van der Waals surface area (Å²) < 4.78 is 18.8. The maximum absolute atomic E-state index is 13.3. The second-order valence-corrected chi connectivity index (χ2v) is 6.64. The molecule has 1 aliphatic rings. The zero-order valence-corrected chi connectivity index (χ0v) is 12.6. The third kappa shape index (κ3) is 2.86. The summed E-state index contributed by atoms with van der Waals surface area (Å²) in [5, 5.41) is 3.15.